The predicted molar refractivity (Wildman–Crippen MR) is 186 cm³/mol. The van der Waals surface area contributed by atoms with Gasteiger partial charge >= 0.3 is 105 Å². The summed E-state index contributed by atoms with van der Waals surface area (Å²) in [6, 6.07) is 17.6. The largest absolute Gasteiger partial charge is 3.00 e. The maximum atomic E-state index is 12.2. The van der Waals surface area contributed by atoms with Crippen LogP contribution in [0.15, 0.2) is 138 Å². The van der Waals surface area contributed by atoms with Gasteiger partial charge in [-0.25, -0.2) is 16.8 Å². The van der Waals surface area contributed by atoms with Crippen LogP contribution in [-0.2, 0) is 46.6 Å². The molecule has 0 saturated heterocycles. The van der Waals surface area contributed by atoms with Gasteiger partial charge in [0, 0.05) is 49.5 Å². The monoisotopic (exact) mass is 966 g/mol. The van der Waals surface area contributed by atoms with Gasteiger partial charge in [0.15, 0.2) is 11.6 Å². The first-order chi connectivity index (χ1) is 27.0. The van der Waals surface area contributed by atoms with Crippen LogP contribution >= 0.6 is 0 Å². The molecular weight excluding hydrogens is 944 g/mol. The van der Waals surface area contributed by atoms with E-state index in [1.807, 2.05) is 0 Å². The maximum absolute atomic E-state index is 12.2. The molecule has 0 saturated carbocycles. The third kappa shape index (κ3) is 17.5. The van der Waals surface area contributed by atoms with Crippen LogP contribution in [0.3, 0.4) is 0 Å². The molecule has 0 heterocycles. The number of hydrogen-bond acceptors (Lipinski definition) is 22. The van der Waals surface area contributed by atoms with Crippen molar-refractivity contribution in [2.45, 2.75) is 23.6 Å². The smallest absolute Gasteiger partial charge is 0.870 e. The summed E-state index contributed by atoms with van der Waals surface area (Å²) in [7, 11) is -10.7. The van der Waals surface area contributed by atoms with E-state index in [2.05, 4.69) is 31.1 Å². The Kier molecular flexibility index (Phi) is 25.6. The Balaban J connectivity index is 0. The molecule has 4 aromatic carbocycles. The van der Waals surface area contributed by atoms with E-state index in [0.717, 1.165) is 13.8 Å². The molecule has 4 aromatic rings. The normalized spacial score (nSPS) is 11.7. The average molecular weight is 967 g/mol. The van der Waals surface area contributed by atoms with Crippen molar-refractivity contribution in [2.24, 2.45) is 20.5 Å². The Bertz CT molecular complexity index is 2460. The second kappa shape index (κ2) is 26.5. The van der Waals surface area contributed by atoms with E-state index in [9.17, 15) is 76.2 Å². The molecular formula is C32H22CoN8Na3O16S2. The van der Waals surface area contributed by atoms with Crippen LogP contribution in [0.25, 0.3) is 0 Å². The Morgan fingerprint density at radius 1 is 0.581 bits per heavy atom. The number of non-ortho nitro benzene ring substituents is 2. The molecule has 30 heteroatoms. The zero-order chi connectivity index (χ0) is 43.5. The van der Waals surface area contributed by atoms with E-state index >= 15 is 0 Å². The van der Waals surface area contributed by atoms with E-state index in [1.54, 1.807) is 36.4 Å². The second-order valence-corrected chi connectivity index (χ2v) is 13.6. The number of benzene rings is 4. The van der Waals surface area contributed by atoms with E-state index in [-0.39, 0.29) is 105 Å². The van der Waals surface area contributed by atoms with Gasteiger partial charge in [-0.1, -0.05) is 47.9 Å². The van der Waals surface area contributed by atoms with Crippen molar-refractivity contribution in [1.29, 1.82) is 0 Å². The zero-order valence-corrected chi connectivity index (χ0v) is 41.1. The first-order valence-corrected chi connectivity index (χ1v) is 18.1. The second-order valence-electron chi connectivity index (χ2n) is 10.9. The van der Waals surface area contributed by atoms with Crippen LogP contribution in [0, 0.1) is 20.2 Å². The number of ketones is 2. The quantitative estimate of drug-likeness (QED) is 0.0225. The van der Waals surface area contributed by atoms with Crippen molar-refractivity contribution in [2.75, 3.05) is 10.6 Å². The molecule has 24 nitrogen and oxygen atoms in total. The van der Waals surface area contributed by atoms with E-state index in [0.29, 0.717) is 35.6 Å². The van der Waals surface area contributed by atoms with Crippen LogP contribution in [0.2, 0.25) is 0 Å². The van der Waals surface area contributed by atoms with Crippen molar-refractivity contribution >= 4 is 65.9 Å². The Hall–Kier alpha value is -4.17. The number of hydrogen-bond donors (Lipinski definition) is 2. The van der Waals surface area contributed by atoms with Crippen LogP contribution in [0.4, 0.5) is 34.1 Å². The van der Waals surface area contributed by atoms with Gasteiger partial charge in [0.1, 0.15) is 31.6 Å². The number of carbonyl (C=O) groups excluding carboxylic acids is 2. The molecule has 0 bridgehead atoms. The van der Waals surface area contributed by atoms with Crippen molar-refractivity contribution in [1.82, 2.24) is 0 Å². The molecule has 0 unspecified atom stereocenters. The molecule has 0 aromatic heterocycles. The number of carbonyl (C=O) groups is 2. The van der Waals surface area contributed by atoms with Gasteiger partial charge in [0.2, 0.25) is 0 Å². The number of nitrogens with one attached hydrogen (secondary N) is 2. The number of anilines is 2. The molecule has 0 radical (unpaired) electrons. The number of nitro benzene ring substituents is 2. The summed E-state index contributed by atoms with van der Waals surface area (Å²) in [6.07, 6.45) is 0. The summed E-state index contributed by atoms with van der Waals surface area (Å²) in [5.74, 6) is -6.58. The van der Waals surface area contributed by atoms with Gasteiger partial charge in [-0.15, -0.1) is 10.2 Å². The number of nitrogens with zero attached hydrogens (tertiary/aromatic N) is 6. The minimum absolute atomic E-state index is 0. The molecule has 4 rings (SSSR count). The molecule has 0 spiro atoms. The number of para-hydroxylation sites is 2. The molecule has 0 aliphatic carbocycles. The third-order valence-electron chi connectivity index (χ3n) is 6.68. The molecule has 0 atom stereocenters. The number of nitro groups is 2. The fourth-order valence-electron chi connectivity index (χ4n) is 4.06. The SMILES string of the molecule is CC(=O)/C(N=Nc1cc([N+](=O)[O-])cc(S(=O)(=O)[O-])c1[O-])=C(/[O-])Nc1ccccc1.CC(=O)/C(N=Nc1cc([N+](=O)[O-])cc(S(=O)(=O)[O-])c1[O-])=C(/[O-])Nc1ccccc1.[Co+3].[Na+].[Na+].[Na+]. The maximum Gasteiger partial charge on any atom is 3.00 e. The number of Topliss-reactive ketones (excluding diaryl/α,β-unsaturated/α-hetero) is 2. The fraction of sp³-hybridized carbons (Fsp3) is 0.0625. The molecule has 0 fully saturated rings. The topological polar surface area (TPSA) is 401 Å². The third-order valence-corrected chi connectivity index (χ3v) is 8.36. The zero-order valence-electron chi connectivity index (χ0n) is 32.4. The van der Waals surface area contributed by atoms with E-state index < -0.39 is 109 Å². The summed E-state index contributed by atoms with van der Waals surface area (Å²) in [4.78, 5) is 40.3. The summed E-state index contributed by atoms with van der Waals surface area (Å²) in [5, 5.41) is 88.4. The number of azo groups is 2. The minimum Gasteiger partial charge on any atom is -0.870 e. The summed E-state index contributed by atoms with van der Waals surface area (Å²) in [5.41, 5.74) is -4.49. The van der Waals surface area contributed by atoms with Gasteiger partial charge in [-0.3, -0.25) is 29.8 Å². The summed E-state index contributed by atoms with van der Waals surface area (Å²) < 4.78 is 67.0. The molecule has 0 amide bonds. The van der Waals surface area contributed by atoms with Gasteiger partial charge in [0.25, 0.3) is 11.4 Å². The summed E-state index contributed by atoms with van der Waals surface area (Å²) in [6.45, 7) is 1.97. The standard InChI is InChI=1S/2C16H14N4O8S.Co.3Na/c2*1-9(21)14(16(23)17-10-5-3-2-4-6-10)19-18-12-7-11(20(24)25)8-13(15(12)22)29(26,27)28;;;;/h2*2-8,17,22-23H,1H3,(H,26,27,28);;;;/q;;+3;3*+1/p-6/b2*16-14-,19-18?;;;;. The van der Waals surface area contributed by atoms with Gasteiger partial charge in [-0.2, -0.15) is 10.2 Å². The minimum atomic E-state index is -5.35. The predicted octanol–water partition coefficient (Wildman–Crippen LogP) is -7.22. The van der Waals surface area contributed by atoms with Crippen LogP contribution < -0.4 is 120 Å². The van der Waals surface area contributed by atoms with Crippen molar-refractivity contribution < 1.29 is 171 Å². The van der Waals surface area contributed by atoms with Crippen LogP contribution in [0.1, 0.15) is 13.8 Å². The first-order valence-electron chi connectivity index (χ1n) is 15.2. The first kappa shape index (κ1) is 59.9. The molecule has 62 heavy (non-hydrogen) atoms. The number of rotatable bonds is 14. The van der Waals surface area contributed by atoms with E-state index in [1.165, 1.54) is 24.3 Å². The molecule has 2 N–H and O–H groups in total. The Labute approximate surface area is 427 Å². The van der Waals surface area contributed by atoms with Gasteiger partial charge in [0.05, 0.1) is 31.0 Å². The van der Waals surface area contributed by atoms with Crippen molar-refractivity contribution in [3.05, 3.63) is 128 Å². The Morgan fingerprint density at radius 3 is 1.11 bits per heavy atom. The molecule has 0 aliphatic heterocycles. The Morgan fingerprint density at radius 2 is 0.871 bits per heavy atom. The van der Waals surface area contributed by atoms with Crippen LogP contribution in [-0.4, -0.2) is 47.4 Å². The number of allylic oxidation sites excluding steroid dienone is 2. The van der Waals surface area contributed by atoms with Crippen LogP contribution in [0.5, 0.6) is 11.5 Å². The average Bonchev–Trinajstić information content (AvgIpc) is 3.12. The summed E-state index contributed by atoms with van der Waals surface area (Å²) >= 11 is 0. The van der Waals surface area contributed by atoms with Crippen molar-refractivity contribution in [3.63, 3.8) is 0 Å². The van der Waals surface area contributed by atoms with E-state index in [4.69, 9.17) is 0 Å². The van der Waals surface area contributed by atoms with Gasteiger partial charge in [-0.05, 0) is 36.0 Å². The molecule has 310 valence electrons. The van der Waals surface area contributed by atoms with Crippen molar-refractivity contribution in [3.8, 4) is 11.5 Å². The fourth-order valence-corrected chi connectivity index (χ4v) is 5.25. The van der Waals surface area contributed by atoms with Gasteiger partial charge < -0.3 is 40.2 Å². The molecule has 0 aliphatic rings.